The molecular formula is C29H19Br. The molecule has 0 saturated carbocycles. The van der Waals surface area contributed by atoms with Crippen molar-refractivity contribution in [1.29, 1.82) is 0 Å². The number of rotatable bonds is 2. The Morgan fingerprint density at radius 1 is 0.567 bits per heavy atom. The van der Waals surface area contributed by atoms with Crippen LogP contribution in [0.5, 0.6) is 0 Å². The van der Waals surface area contributed by atoms with E-state index in [1.807, 2.05) is 0 Å². The molecule has 6 rings (SSSR count). The Bertz CT molecular complexity index is 1400. The van der Waals surface area contributed by atoms with E-state index in [0.717, 1.165) is 10.9 Å². The van der Waals surface area contributed by atoms with Gasteiger partial charge in [0, 0.05) is 10.0 Å². The van der Waals surface area contributed by atoms with Crippen LogP contribution < -0.4 is 0 Å². The van der Waals surface area contributed by atoms with Crippen LogP contribution in [-0.4, -0.2) is 0 Å². The van der Waals surface area contributed by atoms with Crippen LogP contribution in [-0.2, 0) is 6.42 Å². The lowest BCUT2D eigenvalue weighted by Gasteiger charge is -2.19. The minimum absolute atomic E-state index is 0.985. The molecular weight excluding hydrogens is 428 g/mol. The van der Waals surface area contributed by atoms with Crippen molar-refractivity contribution in [3.05, 3.63) is 119 Å². The molecule has 0 saturated heterocycles. The molecule has 5 aromatic carbocycles. The van der Waals surface area contributed by atoms with Crippen LogP contribution in [0, 0.1) is 0 Å². The molecule has 0 fully saturated rings. The standard InChI is InChI=1S/C29H19Br/c30-26-18-22-15-16-24-23-14-8-7-13-21(23)17-25(24)27(22)29(20-11-5-2-6-12-20)28(26)19-9-3-1-4-10-19/h1-16,18H,17H2. The highest BCUT2D eigenvalue weighted by Gasteiger charge is 2.24. The summed E-state index contributed by atoms with van der Waals surface area (Å²) in [5.74, 6) is 0. The molecule has 30 heavy (non-hydrogen) atoms. The van der Waals surface area contributed by atoms with Gasteiger partial charge in [-0.3, -0.25) is 0 Å². The fourth-order valence-corrected chi connectivity index (χ4v) is 5.55. The van der Waals surface area contributed by atoms with Gasteiger partial charge in [-0.05, 0) is 62.2 Å². The number of hydrogen-bond acceptors (Lipinski definition) is 0. The molecule has 142 valence electrons. The van der Waals surface area contributed by atoms with Gasteiger partial charge in [0.05, 0.1) is 0 Å². The van der Waals surface area contributed by atoms with Gasteiger partial charge in [-0.1, -0.05) is 113 Å². The highest BCUT2D eigenvalue weighted by molar-refractivity contribution is 9.10. The van der Waals surface area contributed by atoms with E-state index in [1.165, 1.54) is 55.3 Å². The summed E-state index contributed by atoms with van der Waals surface area (Å²) in [7, 11) is 0. The summed E-state index contributed by atoms with van der Waals surface area (Å²) >= 11 is 3.91. The van der Waals surface area contributed by atoms with E-state index in [2.05, 4.69) is 119 Å². The maximum Gasteiger partial charge on any atom is 0.0266 e. The Kier molecular flexibility index (Phi) is 4.11. The van der Waals surface area contributed by atoms with Gasteiger partial charge in [0.25, 0.3) is 0 Å². The first-order valence-electron chi connectivity index (χ1n) is 10.3. The van der Waals surface area contributed by atoms with E-state index in [1.54, 1.807) is 0 Å². The van der Waals surface area contributed by atoms with Crippen LogP contribution in [0.3, 0.4) is 0 Å². The fraction of sp³-hybridized carbons (Fsp3) is 0.0345. The van der Waals surface area contributed by atoms with Crippen molar-refractivity contribution >= 4 is 26.7 Å². The summed E-state index contributed by atoms with van der Waals surface area (Å²) in [5.41, 5.74) is 10.7. The van der Waals surface area contributed by atoms with Crippen molar-refractivity contribution in [1.82, 2.24) is 0 Å². The smallest absolute Gasteiger partial charge is 0.0266 e. The molecule has 0 nitrogen and oxygen atoms in total. The van der Waals surface area contributed by atoms with Gasteiger partial charge in [0.15, 0.2) is 0 Å². The number of fused-ring (bicyclic) bond motifs is 5. The van der Waals surface area contributed by atoms with Crippen molar-refractivity contribution in [3.63, 3.8) is 0 Å². The van der Waals surface area contributed by atoms with Crippen LogP contribution in [0.4, 0.5) is 0 Å². The van der Waals surface area contributed by atoms with Crippen LogP contribution in [0.2, 0.25) is 0 Å². The lowest BCUT2D eigenvalue weighted by molar-refractivity contribution is 1.28. The fourth-order valence-electron chi connectivity index (χ4n) is 4.88. The molecule has 1 aliphatic rings. The van der Waals surface area contributed by atoms with E-state index >= 15 is 0 Å². The summed E-state index contributed by atoms with van der Waals surface area (Å²) in [6, 6.07) is 37.2. The molecule has 0 N–H and O–H groups in total. The van der Waals surface area contributed by atoms with Gasteiger partial charge >= 0.3 is 0 Å². The molecule has 0 aromatic heterocycles. The largest absolute Gasteiger partial charge is 0.0622 e. The topological polar surface area (TPSA) is 0 Å². The summed E-state index contributed by atoms with van der Waals surface area (Å²) in [5, 5.41) is 2.66. The van der Waals surface area contributed by atoms with E-state index in [9.17, 15) is 0 Å². The molecule has 0 bridgehead atoms. The third kappa shape index (κ3) is 2.66. The average Bonchev–Trinajstić information content (AvgIpc) is 3.18. The maximum atomic E-state index is 3.91. The zero-order valence-electron chi connectivity index (χ0n) is 16.4. The Morgan fingerprint density at radius 3 is 1.93 bits per heavy atom. The zero-order chi connectivity index (χ0) is 20.1. The van der Waals surface area contributed by atoms with Gasteiger partial charge < -0.3 is 0 Å². The zero-order valence-corrected chi connectivity index (χ0v) is 18.0. The monoisotopic (exact) mass is 446 g/mol. The highest BCUT2D eigenvalue weighted by Crippen LogP contribution is 2.48. The third-order valence-electron chi connectivity index (χ3n) is 6.17. The van der Waals surface area contributed by atoms with Crippen molar-refractivity contribution in [2.75, 3.05) is 0 Å². The van der Waals surface area contributed by atoms with E-state index in [0.29, 0.717) is 0 Å². The van der Waals surface area contributed by atoms with Gasteiger partial charge in [0.2, 0.25) is 0 Å². The van der Waals surface area contributed by atoms with Crippen molar-refractivity contribution in [2.45, 2.75) is 6.42 Å². The molecule has 0 unspecified atom stereocenters. The Morgan fingerprint density at radius 2 is 1.20 bits per heavy atom. The summed E-state index contributed by atoms with van der Waals surface area (Å²) < 4.78 is 1.13. The lowest BCUT2D eigenvalue weighted by atomic mass is 9.86. The lowest BCUT2D eigenvalue weighted by Crippen LogP contribution is -1.94. The third-order valence-corrected chi connectivity index (χ3v) is 6.79. The summed E-state index contributed by atoms with van der Waals surface area (Å²) in [6.07, 6.45) is 0.985. The SMILES string of the molecule is Brc1cc2ccc3c(c2c(-c2ccccc2)c1-c1ccccc1)Cc1ccccc1-3. The van der Waals surface area contributed by atoms with E-state index in [4.69, 9.17) is 0 Å². The minimum atomic E-state index is 0.985. The van der Waals surface area contributed by atoms with Crippen LogP contribution in [0.25, 0.3) is 44.2 Å². The second kappa shape index (κ2) is 6.97. The van der Waals surface area contributed by atoms with Crippen molar-refractivity contribution in [2.24, 2.45) is 0 Å². The number of hydrogen-bond donors (Lipinski definition) is 0. The molecule has 1 aliphatic carbocycles. The van der Waals surface area contributed by atoms with Crippen molar-refractivity contribution in [3.8, 4) is 33.4 Å². The molecule has 0 amide bonds. The Balaban J connectivity index is 1.78. The molecule has 0 atom stereocenters. The second-order valence-corrected chi connectivity index (χ2v) is 8.72. The first-order valence-corrected chi connectivity index (χ1v) is 11.1. The van der Waals surface area contributed by atoms with Gasteiger partial charge in [-0.25, -0.2) is 0 Å². The maximum absolute atomic E-state index is 3.91. The quantitative estimate of drug-likeness (QED) is 0.250. The molecule has 5 aromatic rings. The number of benzene rings is 5. The van der Waals surface area contributed by atoms with Crippen molar-refractivity contribution < 1.29 is 0 Å². The first kappa shape index (κ1) is 17.7. The Labute approximate surface area is 185 Å². The summed E-state index contributed by atoms with van der Waals surface area (Å²) in [4.78, 5) is 0. The Hall–Kier alpha value is -3.16. The predicted octanol–water partition coefficient (Wildman–Crippen LogP) is 8.51. The van der Waals surface area contributed by atoms with Gasteiger partial charge in [0.1, 0.15) is 0 Å². The van der Waals surface area contributed by atoms with Crippen LogP contribution in [0.15, 0.2) is 108 Å². The second-order valence-electron chi connectivity index (χ2n) is 7.86. The van der Waals surface area contributed by atoms with Gasteiger partial charge in [-0.15, -0.1) is 0 Å². The average molecular weight is 447 g/mol. The molecule has 1 heteroatoms. The normalized spacial score (nSPS) is 12.0. The van der Waals surface area contributed by atoms with Gasteiger partial charge in [-0.2, -0.15) is 0 Å². The van der Waals surface area contributed by atoms with Crippen LogP contribution >= 0.6 is 15.9 Å². The van der Waals surface area contributed by atoms with Crippen LogP contribution in [0.1, 0.15) is 11.1 Å². The van der Waals surface area contributed by atoms with E-state index in [-0.39, 0.29) is 0 Å². The molecule has 0 heterocycles. The number of halogens is 1. The predicted molar refractivity (Wildman–Crippen MR) is 131 cm³/mol. The molecule has 0 radical (unpaired) electrons. The summed E-state index contributed by atoms with van der Waals surface area (Å²) in [6.45, 7) is 0. The molecule has 0 aliphatic heterocycles. The first-order chi connectivity index (χ1) is 14.8. The minimum Gasteiger partial charge on any atom is -0.0622 e. The van der Waals surface area contributed by atoms with E-state index < -0.39 is 0 Å². The molecule has 0 spiro atoms. The highest BCUT2D eigenvalue weighted by atomic mass is 79.9.